The normalized spacial score (nSPS) is 21.6. The first-order chi connectivity index (χ1) is 7.86. The number of rotatable bonds is 8. The van der Waals surface area contributed by atoms with Gasteiger partial charge in [0.2, 0.25) is 0 Å². The zero-order valence-electron chi connectivity index (χ0n) is 11.3. The van der Waals surface area contributed by atoms with E-state index in [1.807, 2.05) is 0 Å². The monoisotopic (exact) mass is 226 g/mol. The van der Waals surface area contributed by atoms with Crippen molar-refractivity contribution in [3.05, 3.63) is 0 Å². The van der Waals surface area contributed by atoms with Crippen LogP contribution in [0.4, 0.5) is 0 Å². The first-order valence-electron chi connectivity index (χ1n) is 7.32. The summed E-state index contributed by atoms with van der Waals surface area (Å²) in [6, 6.07) is 0.818. The van der Waals surface area contributed by atoms with E-state index in [1.54, 1.807) is 0 Å². The van der Waals surface area contributed by atoms with Gasteiger partial charge >= 0.3 is 0 Å². The summed E-state index contributed by atoms with van der Waals surface area (Å²) in [7, 11) is 0. The minimum Gasteiger partial charge on any atom is -0.314 e. The molecule has 1 fully saturated rings. The van der Waals surface area contributed by atoms with Crippen LogP contribution in [0.25, 0.3) is 0 Å². The fourth-order valence-electron chi connectivity index (χ4n) is 2.70. The van der Waals surface area contributed by atoms with Crippen LogP contribution in [0.5, 0.6) is 0 Å². The first-order valence-corrected chi connectivity index (χ1v) is 7.32. The average Bonchev–Trinajstić information content (AvgIpc) is 2.31. The van der Waals surface area contributed by atoms with Crippen molar-refractivity contribution in [3.8, 4) is 0 Å². The lowest BCUT2D eigenvalue weighted by Crippen LogP contribution is -2.35. The summed E-state index contributed by atoms with van der Waals surface area (Å²) in [6.07, 6.45) is 9.56. The summed E-state index contributed by atoms with van der Waals surface area (Å²) in [5.41, 5.74) is 0. The van der Waals surface area contributed by atoms with Crippen molar-refractivity contribution in [2.24, 2.45) is 0 Å². The van der Waals surface area contributed by atoms with E-state index in [4.69, 9.17) is 0 Å². The van der Waals surface area contributed by atoms with E-state index in [-0.39, 0.29) is 0 Å². The minimum absolute atomic E-state index is 0.818. The highest BCUT2D eigenvalue weighted by molar-refractivity contribution is 4.72. The summed E-state index contributed by atoms with van der Waals surface area (Å²) in [4.78, 5) is 2.63. The second-order valence-electron chi connectivity index (χ2n) is 5.13. The van der Waals surface area contributed by atoms with Crippen LogP contribution in [-0.2, 0) is 0 Å². The van der Waals surface area contributed by atoms with Gasteiger partial charge in [0, 0.05) is 6.04 Å². The Morgan fingerprint density at radius 1 is 1.06 bits per heavy atom. The Labute approximate surface area is 102 Å². The molecular formula is C14H30N2. The maximum Gasteiger partial charge on any atom is 0.00675 e. The Morgan fingerprint density at radius 2 is 1.81 bits per heavy atom. The Morgan fingerprint density at radius 3 is 2.38 bits per heavy atom. The molecule has 0 aromatic heterocycles. The van der Waals surface area contributed by atoms with Crippen molar-refractivity contribution in [1.82, 2.24) is 10.2 Å². The van der Waals surface area contributed by atoms with Crippen molar-refractivity contribution in [3.63, 3.8) is 0 Å². The minimum atomic E-state index is 0.818. The van der Waals surface area contributed by atoms with Crippen molar-refractivity contribution < 1.29 is 0 Å². The molecule has 16 heavy (non-hydrogen) atoms. The average molecular weight is 226 g/mol. The molecule has 96 valence electrons. The van der Waals surface area contributed by atoms with E-state index < -0.39 is 0 Å². The second kappa shape index (κ2) is 9.00. The lowest BCUT2D eigenvalue weighted by Gasteiger charge is -2.25. The van der Waals surface area contributed by atoms with Gasteiger partial charge in [0.05, 0.1) is 0 Å². The Bertz CT molecular complexity index is 147. The highest BCUT2D eigenvalue weighted by atomic mass is 15.1. The first kappa shape index (κ1) is 14.0. The smallest absolute Gasteiger partial charge is 0.00675 e. The third-order valence-corrected chi connectivity index (χ3v) is 3.52. The third-order valence-electron chi connectivity index (χ3n) is 3.52. The van der Waals surface area contributed by atoms with E-state index in [0.717, 1.165) is 6.04 Å². The van der Waals surface area contributed by atoms with Gasteiger partial charge in [-0.2, -0.15) is 0 Å². The molecule has 0 bridgehead atoms. The lowest BCUT2D eigenvalue weighted by atomic mass is 10.0. The quantitative estimate of drug-likeness (QED) is 0.684. The zero-order valence-corrected chi connectivity index (χ0v) is 11.3. The van der Waals surface area contributed by atoms with Crippen LogP contribution in [0.15, 0.2) is 0 Å². The van der Waals surface area contributed by atoms with Crippen molar-refractivity contribution in [2.75, 3.05) is 26.2 Å². The third kappa shape index (κ3) is 5.86. The van der Waals surface area contributed by atoms with Gasteiger partial charge in [0.25, 0.3) is 0 Å². The lowest BCUT2D eigenvalue weighted by molar-refractivity contribution is 0.258. The summed E-state index contributed by atoms with van der Waals surface area (Å²) < 4.78 is 0. The number of hydrogen-bond acceptors (Lipinski definition) is 2. The van der Waals surface area contributed by atoms with Crippen molar-refractivity contribution in [2.45, 2.75) is 64.8 Å². The SMILES string of the molecule is CCCN(CCC)CCCC1CCCCN1. The molecule has 1 saturated heterocycles. The molecule has 0 aliphatic carbocycles. The van der Waals surface area contributed by atoms with Crippen LogP contribution in [-0.4, -0.2) is 37.1 Å². The van der Waals surface area contributed by atoms with E-state index >= 15 is 0 Å². The molecule has 1 heterocycles. The maximum absolute atomic E-state index is 3.64. The molecule has 0 radical (unpaired) electrons. The van der Waals surface area contributed by atoms with E-state index in [2.05, 4.69) is 24.1 Å². The van der Waals surface area contributed by atoms with E-state index in [1.165, 1.54) is 71.1 Å². The van der Waals surface area contributed by atoms with Gasteiger partial charge in [-0.3, -0.25) is 0 Å². The molecule has 2 heteroatoms. The number of piperidine rings is 1. The fraction of sp³-hybridized carbons (Fsp3) is 1.00. The second-order valence-corrected chi connectivity index (χ2v) is 5.13. The molecule has 1 unspecified atom stereocenters. The van der Waals surface area contributed by atoms with E-state index in [0.29, 0.717) is 0 Å². The molecule has 0 amide bonds. The summed E-state index contributed by atoms with van der Waals surface area (Å²) in [5, 5.41) is 3.64. The van der Waals surface area contributed by atoms with E-state index in [9.17, 15) is 0 Å². The van der Waals surface area contributed by atoms with Crippen LogP contribution in [0.2, 0.25) is 0 Å². The van der Waals surface area contributed by atoms with Gasteiger partial charge < -0.3 is 10.2 Å². The van der Waals surface area contributed by atoms with Crippen LogP contribution in [0.3, 0.4) is 0 Å². The van der Waals surface area contributed by atoms with Gasteiger partial charge in [0.15, 0.2) is 0 Å². The Hall–Kier alpha value is -0.0800. The predicted octanol–water partition coefficient (Wildman–Crippen LogP) is 3.03. The van der Waals surface area contributed by atoms with Crippen LogP contribution in [0, 0.1) is 0 Å². The molecule has 2 nitrogen and oxygen atoms in total. The molecule has 1 aliphatic heterocycles. The van der Waals surface area contributed by atoms with Crippen LogP contribution >= 0.6 is 0 Å². The summed E-state index contributed by atoms with van der Waals surface area (Å²) >= 11 is 0. The Balaban J connectivity index is 2.06. The Kier molecular flexibility index (Phi) is 7.87. The standard InChI is InChI=1S/C14H30N2/c1-3-11-16(12-4-2)13-7-9-14-8-5-6-10-15-14/h14-15H,3-13H2,1-2H3. The number of hydrogen-bond donors (Lipinski definition) is 1. The highest BCUT2D eigenvalue weighted by Crippen LogP contribution is 2.12. The fourth-order valence-corrected chi connectivity index (χ4v) is 2.70. The molecule has 0 aromatic carbocycles. The number of nitrogens with zero attached hydrogens (tertiary/aromatic N) is 1. The molecule has 1 aliphatic rings. The van der Waals surface area contributed by atoms with Gasteiger partial charge in [-0.1, -0.05) is 20.3 Å². The molecule has 0 aromatic rings. The topological polar surface area (TPSA) is 15.3 Å². The predicted molar refractivity (Wildman–Crippen MR) is 71.9 cm³/mol. The van der Waals surface area contributed by atoms with Gasteiger partial charge in [-0.25, -0.2) is 0 Å². The van der Waals surface area contributed by atoms with Crippen molar-refractivity contribution >= 4 is 0 Å². The molecule has 1 atom stereocenters. The van der Waals surface area contributed by atoms with Gasteiger partial charge in [0.1, 0.15) is 0 Å². The zero-order chi connectivity index (χ0) is 11.6. The maximum atomic E-state index is 3.64. The van der Waals surface area contributed by atoms with Crippen LogP contribution in [0.1, 0.15) is 58.8 Å². The molecule has 0 spiro atoms. The summed E-state index contributed by atoms with van der Waals surface area (Å²) in [5.74, 6) is 0. The van der Waals surface area contributed by atoms with Crippen LogP contribution < -0.4 is 5.32 Å². The largest absolute Gasteiger partial charge is 0.314 e. The molecule has 1 rings (SSSR count). The van der Waals surface area contributed by atoms with Gasteiger partial charge in [-0.05, 0) is 64.7 Å². The molecule has 0 saturated carbocycles. The summed E-state index contributed by atoms with van der Waals surface area (Å²) in [6.45, 7) is 9.69. The molecular weight excluding hydrogens is 196 g/mol. The van der Waals surface area contributed by atoms with Gasteiger partial charge in [-0.15, -0.1) is 0 Å². The number of nitrogens with one attached hydrogen (secondary N) is 1. The highest BCUT2D eigenvalue weighted by Gasteiger charge is 2.12. The molecule has 1 N–H and O–H groups in total. The van der Waals surface area contributed by atoms with Crippen molar-refractivity contribution in [1.29, 1.82) is 0 Å².